The molecule has 0 spiro atoms. The van der Waals surface area contributed by atoms with E-state index in [0.29, 0.717) is 11.3 Å². The molecule has 0 saturated heterocycles. The van der Waals surface area contributed by atoms with Crippen molar-refractivity contribution in [1.29, 1.82) is 0 Å². The molecule has 0 fully saturated rings. The highest BCUT2D eigenvalue weighted by Crippen LogP contribution is 2.39. The molecule has 0 radical (unpaired) electrons. The third-order valence-electron chi connectivity index (χ3n) is 3.54. The van der Waals surface area contributed by atoms with Crippen molar-refractivity contribution >= 4 is 11.8 Å². The lowest BCUT2D eigenvalue weighted by Crippen LogP contribution is -2.42. The van der Waals surface area contributed by atoms with Gasteiger partial charge in [-0.3, -0.25) is 20.4 Å². The number of ether oxygens (including phenoxy) is 3. The van der Waals surface area contributed by atoms with Crippen LogP contribution in [0.1, 0.15) is 15.9 Å². The van der Waals surface area contributed by atoms with E-state index in [2.05, 4.69) is 10.9 Å². The van der Waals surface area contributed by atoms with Gasteiger partial charge in [-0.05, 0) is 29.8 Å². The lowest BCUT2D eigenvalue weighted by Gasteiger charge is -2.15. The second-order valence-corrected chi connectivity index (χ2v) is 5.19. The van der Waals surface area contributed by atoms with Crippen molar-refractivity contribution in [1.82, 2.24) is 10.9 Å². The van der Waals surface area contributed by atoms with Crippen molar-refractivity contribution in [2.24, 2.45) is 0 Å². The fourth-order valence-corrected chi connectivity index (χ4v) is 2.31. The zero-order valence-corrected chi connectivity index (χ0v) is 14.6. The van der Waals surface area contributed by atoms with Crippen molar-refractivity contribution in [3.05, 3.63) is 53.3 Å². The molecule has 0 bridgehead atoms. The van der Waals surface area contributed by atoms with E-state index in [9.17, 15) is 14.0 Å². The zero-order valence-electron chi connectivity index (χ0n) is 14.6. The Hall–Kier alpha value is -3.29. The molecule has 0 aliphatic heterocycles. The lowest BCUT2D eigenvalue weighted by molar-refractivity contribution is -0.121. The highest BCUT2D eigenvalue weighted by Gasteiger charge is 2.21. The van der Waals surface area contributed by atoms with Crippen molar-refractivity contribution in [2.45, 2.75) is 6.42 Å². The first-order chi connectivity index (χ1) is 12.5. The van der Waals surface area contributed by atoms with Gasteiger partial charge in [0.2, 0.25) is 11.7 Å². The predicted octanol–water partition coefficient (Wildman–Crippen LogP) is 1.86. The molecular weight excluding hydrogens is 343 g/mol. The molecule has 0 aliphatic carbocycles. The maximum atomic E-state index is 12.9. The summed E-state index contributed by atoms with van der Waals surface area (Å²) in [6.07, 6.45) is -0.0103. The van der Waals surface area contributed by atoms with Crippen LogP contribution in [0.25, 0.3) is 0 Å². The zero-order chi connectivity index (χ0) is 19.1. The van der Waals surface area contributed by atoms with Crippen LogP contribution in [-0.2, 0) is 11.2 Å². The number of rotatable bonds is 6. The van der Waals surface area contributed by atoms with Crippen LogP contribution in [0.4, 0.5) is 4.39 Å². The summed E-state index contributed by atoms with van der Waals surface area (Å²) >= 11 is 0. The number of hydrazine groups is 1. The van der Waals surface area contributed by atoms with Gasteiger partial charge in [0.25, 0.3) is 5.91 Å². The first kappa shape index (κ1) is 19.0. The van der Waals surface area contributed by atoms with E-state index in [0.717, 1.165) is 0 Å². The number of carbonyl (C=O) groups excluding carboxylic acids is 2. The van der Waals surface area contributed by atoms with Crippen LogP contribution < -0.4 is 25.1 Å². The third kappa shape index (κ3) is 4.41. The van der Waals surface area contributed by atoms with Crippen LogP contribution in [0, 0.1) is 5.82 Å². The standard InChI is InChI=1S/C18H19FN2O5/c1-24-14-9-8-13(16(25-2)17(14)26-3)18(23)21-20-15(22)10-11-4-6-12(19)7-5-11/h4-9H,10H2,1-3H3,(H,20,22)(H,21,23). The number of nitrogens with one attached hydrogen (secondary N) is 2. The molecule has 7 nitrogen and oxygen atoms in total. The van der Waals surface area contributed by atoms with Crippen LogP contribution in [-0.4, -0.2) is 33.1 Å². The van der Waals surface area contributed by atoms with Crippen molar-refractivity contribution in [2.75, 3.05) is 21.3 Å². The van der Waals surface area contributed by atoms with Crippen molar-refractivity contribution in [3.8, 4) is 17.2 Å². The summed E-state index contributed by atoms with van der Waals surface area (Å²) in [7, 11) is 4.28. The summed E-state index contributed by atoms with van der Waals surface area (Å²) in [5, 5.41) is 0. The van der Waals surface area contributed by atoms with Gasteiger partial charge < -0.3 is 14.2 Å². The van der Waals surface area contributed by atoms with Gasteiger partial charge in [-0.25, -0.2) is 4.39 Å². The lowest BCUT2D eigenvalue weighted by atomic mass is 10.1. The van der Waals surface area contributed by atoms with E-state index in [1.165, 1.54) is 51.7 Å². The topological polar surface area (TPSA) is 85.9 Å². The Morgan fingerprint density at radius 3 is 2.12 bits per heavy atom. The number of hydrogen-bond donors (Lipinski definition) is 2. The Balaban J connectivity index is 2.05. The van der Waals surface area contributed by atoms with E-state index in [1.807, 2.05) is 0 Å². The van der Waals surface area contributed by atoms with Crippen LogP contribution in [0.15, 0.2) is 36.4 Å². The maximum Gasteiger partial charge on any atom is 0.273 e. The van der Waals surface area contributed by atoms with E-state index in [4.69, 9.17) is 14.2 Å². The average Bonchev–Trinajstić information content (AvgIpc) is 2.66. The highest BCUT2D eigenvalue weighted by molar-refractivity contribution is 5.99. The van der Waals surface area contributed by atoms with Gasteiger partial charge >= 0.3 is 0 Å². The fourth-order valence-electron chi connectivity index (χ4n) is 2.31. The predicted molar refractivity (Wildman–Crippen MR) is 91.8 cm³/mol. The van der Waals surface area contributed by atoms with E-state index in [1.54, 1.807) is 6.07 Å². The minimum absolute atomic E-state index is 0.0103. The van der Waals surface area contributed by atoms with Gasteiger partial charge in [0.05, 0.1) is 33.3 Å². The first-order valence-corrected chi connectivity index (χ1v) is 7.62. The van der Waals surface area contributed by atoms with Crippen LogP contribution >= 0.6 is 0 Å². The number of hydrogen-bond acceptors (Lipinski definition) is 5. The normalized spacial score (nSPS) is 10.0. The molecule has 0 atom stereocenters. The Bertz CT molecular complexity index is 793. The van der Waals surface area contributed by atoms with Crippen molar-refractivity contribution in [3.63, 3.8) is 0 Å². The number of methoxy groups -OCH3 is 3. The van der Waals surface area contributed by atoms with Gasteiger partial charge in [-0.15, -0.1) is 0 Å². The smallest absolute Gasteiger partial charge is 0.273 e. The molecule has 0 unspecified atom stereocenters. The molecule has 2 aromatic rings. The number of amides is 2. The summed E-state index contributed by atoms with van der Waals surface area (Å²) in [5.74, 6) is -0.582. The van der Waals surface area contributed by atoms with Gasteiger partial charge in [-0.2, -0.15) is 0 Å². The largest absolute Gasteiger partial charge is 0.493 e. The number of halogens is 1. The molecule has 2 rings (SSSR count). The van der Waals surface area contributed by atoms with E-state index >= 15 is 0 Å². The Labute approximate surface area is 150 Å². The average molecular weight is 362 g/mol. The van der Waals surface area contributed by atoms with Crippen molar-refractivity contribution < 1.29 is 28.2 Å². The molecule has 2 N–H and O–H groups in total. The van der Waals surface area contributed by atoms with Crippen LogP contribution in [0.3, 0.4) is 0 Å². The minimum Gasteiger partial charge on any atom is -0.493 e. The minimum atomic E-state index is -0.588. The quantitative estimate of drug-likeness (QED) is 0.766. The van der Waals surface area contributed by atoms with Gasteiger partial charge in [-0.1, -0.05) is 12.1 Å². The Morgan fingerprint density at radius 1 is 0.885 bits per heavy atom. The number of benzene rings is 2. The van der Waals surface area contributed by atoms with Gasteiger partial charge in [0, 0.05) is 0 Å². The molecule has 0 aliphatic rings. The number of carbonyl (C=O) groups is 2. The Morgan fingerprint density at radius 2 is 1.54 bits per heavy atom. The molecule has 0 saturated carbocycles. The highest BCUT2D eigenvalue weighted by atomic mass is 19.1. The van der Waals surface area contributed by atoms with Gasteiger partial charge in [0.15, 0.2) is 11.5 Å². The second-order valence-electron chi connectivity index (χ2n) is 5.19. The van der Waals surface area contributed by atoms with E-state index in [-0.39, 0.29) is 29.3 Å². The molecule has 2 amide bonds. The van der Waals surface area contributed by atoms with E-state index < -0.39 is 11.8 Å². The molecule has 2 aromatic carbocycles. The Kier molecular flexibility index (Phi) is 6.37. The summed E-state index contributed by atoms with van der Waals surface area (Å²) in [6, 6.07) is 8.55. The second kappa shape index (κ2) is 8.70. The maximum absolute atomic E-state index is 12.9. The molecule has 138 valence electrons. The molecular formula is C18H19FN2O5. The monoisotopic (exact) mass is 362 g/mol. The SMILES string of the molecule is COc1ccc(C(=O)NNC(=O)Cc2ccc(F)cc2)c(OC)c1OC. The molecule has 8 heteroatoms. The summed E-state index contributed by atoms with van der Waals surface area (Å²) in [5.41, 5.74) is 5.38. The summed E-state index contributed by atoms with van der Waals surface area (Å²) in [6.45, 7) is 0. The third-order valence-corrected chi connectivity index (χ3v) is 3.54. The molecule has 0 aromatic heterocycles. The van der Waals surface area contributed by atoms with Gasteiger partial charge in [0.1, 0.15) is 5.82 Å². The van der Waals surface area contributed by atoms with Crippen LogP contribution in [0.5, 0.6) is 17.2 Å². The fraction of sp³-hybridized carbons (Fsp3) is 0.222. The molecule has 0 heterocycles. The first-order valence-electron chi connectivity index (χ1n) is 7.62. The summed E-state index contributed by atoms with van der Waals surface area (Å²) in [4.78, 5) is 24.3. The van der Waals surface area contributed by atoms with Crippen LogP contribution in [0.2, 0.25) is 0 Å². The summed E-state index contributed by atoms with van der Waals surface area (Å²) < 4.78 is 28.5. The molecule has 26 heavy (non-hydrogen) atoms.